The van der Waals surface area contributed by atoms with E-state index in [1.54, 1.807) is 36.4 Å². The number of nitrogens with zero attached hydrogens (tertiary/aromatic N) is 1. The Labute approximate surface area is 207 Å². The van der Waals surface area contributed by atoms with E-state index in [4.69, 9.17) is 9.47 Å². The first kappa shape index (κ1) is 23.6. The van der Waals surface area contributed by atoms with Gasteiger partial charge in [-0.1, -0.05) is 37.9 Å². The number of hydrogen-bond donors (Lipinski definition) is 0. The van der Waals surface area contributed by atoms with Gasteiger partial charge in [0.05, 0.1) is 30.2 Å². The number of carbonyl (C=O) groups excluding carboxylic acids is 4. The molecule has 2 aliphatic rings. The molecule has 2 fully saturated rings. The largest absolute Gasteiger partial charge is 0.497 e. The summed E-state index contributed by atoms with van der Waals surface area (Å²) in [6.07, 6.45) is 1.13. The molecule has 2 amide bonds. The molecule has 0 aromatic heterocycles. The monoisotopic (exact) mass is 577 g/mol. The van der Waals surface area contributed by atoms with Crippen molar-refractivity contribution in [2.45, 2.75) is 22.5 Å². The third-order valence-electron chi connectivity index (χ3n) is 6.00. The predicted octanol–water partition coefficient (Wildman–Crippen LogP) is 4.16. The van der Waals surface area contributed by atoms with Crippen molar-refractivity contribution in [1.29, 1.82) is 0 Å². The number of fused-ring (bicyclic) bond motifs is 1. The lowest BCUT2D eigenvalue weighted by Gasteiger charge is -2.29. The molecule has 1 saturated carbocycles. The van der Waals surface area contributed by atoms with Crippen molar-refractivity contribution in [2.24, 2.45) is 11.8 Å². The van der Waals surface area contributed by atoms with Crippen molar-refractivity contribution in [3.05, 3.63) is 59.7 Å². The second-order valence-corrected chi connectivity index (χ2v) is 10.4. The second kappa shape index (κ2) is 9.77. The zero-order chi connectivity index (χ0) is 23.7. The number of ether oxygens (including phenoxy) is 2. The quantitative estimate of drug-likeness (QED) is 0.221. The van der Waals surface area contributed by atoms with Crippen LogP contribution >= 0.6 is 31.9 Å². The van der Waals surface area contributed by atoms with E-state index >= 15 is 0 Å². The number of methoxy groups -OCH3 is 1. The summed E-state index contributed by atoms with van der Waals surface area (Å²) in [6, 6.07) is 12.6. The summed E-state index contributed by atoms with van der Waals surface area (Å²) in [7, 11) is 1.53. The summed E-state index contributed by atoms with van der Waals surface area (Å²) in [6.45, 7) is -0.430. The maximum atomic E-state index is 13.0. The van der Waals surface area contributed by atoms with Gasteiger partial charge in [-0.15, -0.1) is 0 Å². The lowest BCUT2D eigenvalue weighted by Crippen LogP contribution is -2.34. The number of anilines is 1. The molecule has 4 atom stereocenters. The van der Waals surface area contributed by atoms with Gasteiger partial charge in [0.2, 0.25) is 11.8 Å². The lowest BCUT2D eigenvalue weighted by atomic mass is 9.81. The topological polar surface area (TPSA) is 90.0 Å². The highest BCUT2D eigenvalue weighted by molar-refractivity contribution is 9.12. The van der Waals surface area contributed by atoms with Crippen LogP contribution < -0.4 is 9.64 Å². The van der Waals surface area contributed by atoms with Gasteiger partial charge in [-0.2, -0.15) is 0 Å². The van der Waals surface area contributed by atoms with Gasteiger partial charge in [0.25, 0.3) is 0 Å². The summed E-state index contributed by atoms with van der Waals surface area (Å²) in [4.78, 5) is 52.3. The number of Topliss-reactive ketones (excluding diaryl/α,β-unsaturated/α-hetero) is 1. The Hall–Kier alpha value is -2.52. The third kappa shape index (κ3) is 4.75. The van der Waals surface area contributed by atoms with E-state index in [1.165, 1.54) is 24.1 Å². The number of imide groups is 1. The fourth-order valence-corrected chi connectivity index (χ4v) is 5.43. The number of hydrogen-bond acceptors (Lipinski definition) is 6. The summed E-state index contributed by atoms with van der Waals surface area (Å²) < 4.78 is 10.2. The third-order valence-corrected chi connectivity index (χ3v) is 8.73. The SMILES string of the molecule is COc1ccc(C(=O)COC(=O)c2cccc(N3C(=O)[C@@H]4C[C@H](Br)[C@@H](Br)C[C@H]4C3=O)c2)cc1. The average Bonchev–Trinajstić information content (AvgIpc) is 3.06. The first-order valence-electron chi connectivity index (χ1n) is 10.4. The number of halogens is 2. The molecule has 0 unspecified atom stereocenters. The Kier molecular flexibility index (Phi) is 6.99. The molecule has 2 aromatic rings. The summed E-state index contributed by atoms with van der Waals surface area (Å²) in [5.74, 6) is -1.73. The molecule has 9 heteroatoms. The first-order valence-corrected chi connectivity index (χ1v) is 12.2. The van der Waals surface area contributed by atoms with Gasteiger partial charge in [0.1, 0.15) is 5.75 Å². The molecule has 4 rings (SSSR count). The van der Waals surface area contributed by atoms with E-state index in [1.807, 2.05) is 0 Å². The molecule has 0 radical (unpaired) electrons. The number of rotatable bonds is 6. The van der Waals surface area contributed by atoms with Gasteiger partial charge in [-0.3, -0.25) is 19.3 Å². The number of esters is 1. The molecule has 33 heavy (non-hydrogen) atoms. The molecule has 7 nitrogen and oxygen atoms in total. The molecule has 0 spiro atoms. The van der Waals surface area contributed by atoms with Crippen LogP contribution in [0.1, 0.15) is 33.6 Å². The van der Waals surface area contributed by atoms with Crippen molar-refractivity contribution < 1.29 is 28.7 Å². The minimum atomic E-state index is -0.712. The zero-order valence-electron chi connectivity index (χ0n) is 17.7. The number of alkyl halides is 2. The van der Waals surface area contributed by atoms with Crippen molar-refractivity contribution in [2.75, 3.05) is 18.6 Å². The highest BCUT2D eigenvalue weighted by Gasteiger charge is 2.52. The van der Waals surface area contributed by atoms with Crippen LogP contribution in [0.15, 0.2) is 48.5 Å². The molecule has 0 N–H and O–H groups in total. The lowest BCUT2D eigenvalue weighted by molar-refractivity contribution is -0.122. The van der Waals surface area contributed by atoms with Crippen molar-refractivity contribution in [1.82, 2.24) is 0 Å². The fourth-order valence-electron chi connectivity index (χ4n) is 4.20. The summed E-state index contributed by atoms with van der Waals surface area (Å²) in [5, 5.41) is 0. The standard InChI is InChI=1S/C24H21Br2NO6/c1-32-16-7-5-13(6-8-16)21(28)12-33-24(31)14-3-2-4-15(9-14)27-22(29)17-10-19(25)20(26)11-18(17)23(27)30/h2-9,17-20H,10-12H2,1H3/t17-,18-,19+,20+/m1/s1. The molecule has 1 saturated heterocycles. The molecule has 1 aliphatic carbocycles. The summed E-state index contributed by atoms with van der Waals surface area (Å²) >= 11 is 7.15. The minimum absolute atomic E-state index is 0.111. The second-order valence-electron chi connectivity index (χ2n) is 8.01. The Bertz CT molecular complexity index is 1070. The molecule has 1 aliphatic heterocycles. The number of benzene rings is 2. The van der Waals surface area contributed by atoms with E-state index in [9.17, 15) is 19.2 Å². The van der Waals surface area contributed by atoms with Crippen molar-refractivity contribution >= 4 is 61.1 Å². The van der Waals surface area contributed by atoms with E-state index < -0.39 is 12.6 Å². The van der Waals surface area contributed by atoms with Gasteiger partial charge in [-0.05, 0) is 55.3 Å². The van der Waals surface area contributed by atoms with Gasteiger partial charge < -0.3 is 9.47 Å². The maximum absolute atomic E-state index is 13.0. The predicted molar refractivity (Wildman–Crippen MR) is 128 cm³/mol. The van der Waals surface area contributed by atoms with E-state index in [0.717, 1.165) is 0 Å². The van der Waals surface area contributed by atoms with E-state index in [2.05, 4.69) is 31.9 Å². The molecular formula is C24H21Br2NO6. The highest BCUT2D eigenvalue weighted by atomic mass is 79.9. The van der Waals surface area contributed by atoms with Crippen molar-refractivity contribution in [3.63, 3.8) is 0 Å². The van der Waals surface area contributed by atoms with Crippen LogP contribution in [0.4, 0.5) is 5.69 Å². The average molecular weight is 579 g/mol. The molecule has 172 valence electrons. The van der Waals surface area contributed by atoms with Crippen LogP contribution in [-0.2, 0) is 14.3 Å². The Morgan fingerprint density at radius 1 is 0.939 bits per heavy atom. The molecule has 1 heterocycles. The smallest absolute Gasteiger partial charge is 0.338 e. The van der Waals surface area contributed by atoms with Crippen LogP contribution in [0.5, 0.6) is 5.75 Å². The maximum Gasteiger partial charge on any atom is 0.338 e. The Morgan fingerprint density at radius 3 is 2.12 bits per heavy atom. The molecular weight excluding hydrogens is 558 g/mol. The molecule has 0 bridgehead atoms. The normalized spacial score (nSPS) is 24.4. The highest BCUT2D eigenvalue weighted by Crippen LogP contribution is 2.44. The van der Waals surface area contributed by atoms with Gasteiger partial charge >= 0.3 is 5.97 Å². The van der Waals surface area contributed by atoms with Crippen LogP contribution in [0.3, 0.4) is 0 Å². The summed E-state index contributed by atoms with van der Waals surface area (Å²) in [5.41, 5.74) is 0.873. The number of carbonyl (C=O) groups is 4. The van der Waals surface area contributed by atoms with Crippen LogP contribution in [0.25, 0.3) is 0 Å². The number of amides is 2. The van der Waals surface area contributed by atoms with E-state index in [0.29, 0.717) is 29.8 Å². The zero-order valence-corrected chi connectivity index (χ0v) is 20.9. The van der Waals surface area contributed by atoms with Crippen molar-refractivity contribution in [3.8, 4) is 5.75 Å². The van der Waals surface area contributed by atoms with Gasteiger partial charge in [0, 0.05) is 15.2 Å². The fraction of sp³-hybridized carbons (Fsp3) is 0.333. The number of ketones is 1. The first-order chi connectivity index (χ1) is 15.8. The van der Waals surface area contributed by atoms with E-state index in [-0.39, 0.29) is 44.7 Å². The van der Waals surface area contributed by atoms with Gasteiger partial charge in [-0.25, -0.2) is 4.79 Å². The Balaban J connectivity index is 1.45. The Morgan fingerprint density at radius 2 is 1.55 bits per heavy atom. The van der Waals surface area contributed by atoms with Crippen LogP contribution in [-0.4, -0.2) is 46.9 Å². The minimum Gasteiger partial charge on any atom is -0.497 e. The van der Waals surface area contributed by atoms with Crippen LogP contribution in [0.2, 0.25) is 0 Å². The molecule has 2 aromatic carbocycles. The van der Waals surface area contributed by atoms with Crippen LogP contribution in [0, 0.1) is 11.8 Å². The van der Waals surface area contributed by atoms with Gasteiger partial charge in [0.15, 0.2) is 12.4 Å².